The Balaban J connectivity index is 2.22. The van der Waals surface area contributed by atoms with E-state index in [0.717, 1.165) is 38.5 Å². The van der Waals surface area contributed by atoms with Crippen molar-refractivity contribution in [3.8, 4) is 0 Å². The Morgan fingerprint density at radius 2 is 0.882 bits per heavy atom. The first-order valence-corrected chi connectivity index (χ1v) is 22.3. The van der Waals surface area contributed by atoms with Gasteiger partial charge >= 0.3 is 11.9 Å². The number of carbonyl (C=O) groups excluding carboxylic acids is 2. The molecule has 0 aromatic carbocycles. The van der Waals surface area contributed by atoms with Gasteiger partial charge < -0.3 is 24.2 Å². The Labute approximate surface area is 317 Å². The van der Waals surface area contributed by atoms with E-state index in [1.807, 2.05) is 13.8 Å². The highest BCUT2D eigenvalue weighted by Gasteiger charge is 2.16. The van der Waals surface area contributed by atoms with E-state index in [1.54, 1.807) is 0 Å². The lowest BCUT2D eigenvalue weighted by molar-refractivity contribution is -0.149. The van der Waals surface area contributed by atoms with Gasteiger partial charge in [-0.15, -0.1) is 0 Å². The highest BCUT2D eigenvalue weighted by Crippen LogP contribution is 2.16. The molecule has 0 aliphatic carbocycles. The molecule has 7 heteroatoms. The van der Waals surface area contributed by atoms with Gasteiger partial charge in [0.1, 0.15) is 0 Å². The quantitative estimate of drug-likeness (QED) is 0.0471. The van der Waals surface area contributed by atoms with E-state index in [1.165, 1.54) is 174 Å². The van der Waals surface area contributed by atoms with Crippen LogP contribution in [-0.4, -0.2) is 99.3 Å². The number of likely N-dealkylation sites (N-methyl/N-ethyl adjacent to an activating group) is 1. The number of nitrogens with zero attached hydrogens (tertiary/aromatic N) is 3. The molecule has 1 heterocycles. The molecule has 0 aromatic rings. The van der Waals surface area contributed by atoms with Crippen LogP contribution in [0.2, 0.25) is 0 Å². The first kappa shape index (κ1) is 47.8. The SMILES string of the molecule is CCCCCCCCCOC(=O)C(C)CCCCCCN(CCCCCCC(C)C(=O)OCCCCCCCCC)CCCN1CCN(C)CC1. The summed E-state index contributed by atoms with van der Waals surface area (Å²) >= 11 is 0. The van der Waals surface area contributed by atoms with E-state index in [4.69, 9.17) is 9.47 Å². The van der Waals surface area contributed by atoms with Crippen molar-refractivity contribution in [2.45, 2.75) is 188 Å². The van der Waals surface area contributed by atoms with Crippen LogP contribution in [0.1, 0.15) is 188 Å². The molecule has 0 bridgehead atoms. The van der Waals surface area contributed by atoms with Gasteiger partial charge in [0, 0.05) is 26.2 Å². The molecular weight excluding hydrogens is 635 g/mol. The standard InChI is InChI=1S/C44H87N3O4/c1-6-8-10-12-14-20-26-39-50-43(48)41(3)29-22-16-18-24-31-46(33-28-34-47-37-35-45(5)36-38-47)32-25-19-17-23-30-42(4)44(49)51-40-27-21-15-13-11-9-7-2/h41-42H,6-40H2,1-5H3. The van der Waals surface area contributed by atoms with Gasteiger partial charge in [-0.2, -0.15) is 0 Å². The lowest BCUT2D eigenvalue weighted by Crippen LogP contribution is -2.45. The zero-order valence-corrected chi connectivity index (χ0v) is 34.9. The monoisotopic (exact) mass is 722 g/mol. The highest BCUT2D eigenvalue weighted by atomic mass is 16.5. The first-order chi connectivity index (χ1) is 24.9. The summed E-state index contributed by atoms with van der Waals surface area (Å²) in [6.45, 7) is 19.3. The average Bonchev–Trinajstić information content (AvgIpc) is 3.13. The molecule has 0 aromatic heterocycles. The molecule has 302 valence electrons. The number of carbonyl (C=O) groups is 2. The van der Waals surface area contributed by atoms with Crippen LogP contribution in [0.25, 0.3) is 0 Å². The molecule has 1 rings (SSSR count). The molecule has 51 heavy (non-hydrogen) atoms. The van der Waals surface area contributed by atoms with E-state index < -0.39 is 0 Å². The average molecular weight is 722 g/mol. The van der Waals surface area contributed by atoms with Crippen LogP contribution in [0.15, 0.2) is 0 Å². The predicted octanol–water partition coefficient (Wildman–Crippen LogP) is 10.7. The molecule has 0 amide bonds. The fraction of sp³-hybridized carbons (Fsp3) is 0.955. The maximum atomic E-state index is 12.4. The van der Waals surface area contributed by atoms with E-state index in [9.17, 15) is 9.59 Å². The lowest BCUT2D eigenvalue weighted by atomic mass is 10.0. The minimum absolute atomic E-state index is 0.000649. The van der Waals surface area contributed by atoms with Gasteiger partial charge in [0.15, 0.2) is 0 Å². The van der Waals surface area contributed by atoms with Gasteiger partial charge in [-0.25, -0.2) is 0 Å². The molecule has 1 saturated heterocycles. The number of piperazine rings is 1. The Morgan fingerprint density at radius 3 is 1.33 bits per heavy atom. The predicted molar refractivity (Wildman–Crippen MR) is 217 cm³/mol. The number of esters is 2. The Bertz CT molecular complexity index is 738. The fourth-order valence-electron chi connectivity index (χ4n) is 7.19. The van der Waals surface area contributed by atoms with Crippen molar-refractivity contribution in [3.05, 3.63) is 0 Å². The summed E-state index contributed by atoms with van der Waals surface area (Å²) in [4.78, 5) is 32.6. The van der Waals surface area contributed by atoms with E-state index in [-0.39, 0.29) is 23.8 Å². The third-order valence-electron chi connectivity index (χ3n) is 11.1. The molecular formula is C44H87N3O4. The van der Waals surface area contributed by atoms with Crippen LogP contribution in [0.3, 0.4) is 0 Å². The molecule has 7 nitrogen and oxygen atoms in total. The van der Waals surface area contributed by atoms with E-state index in [2.05, 4.69) is 35.6 Å². The highest BCUT2D eigenvalue weighted by molar-refractivity contribution is 5.72. The van der Waals surface area contributed by atoms with Crippen LogP contribution >= 0.6 is 0 Å². The summed E-state index contributed by atoms with van der Waals surface area (Å²) in [6.07, 6.45) is 30.1. The second-order valence-electron chi connectivity index (χ2n) is 16.1. The third kappa shape index (κ3) is 28.9. The van der Waals surface area contributed by atoms with Crippen LogP contribution in [0, 0.1) is 11.8 Å². The zero-order chi connectivity index (χ0) is 37.2. The first-order valence-electron chi connectivity index (χ1n) is 22.3. The molecule has 2 atom stereocenters. The number of hydrogen-bond acceptors (Lipinski definition) is 7. The maximum Gasteiger partial charge on any atom is 0.308 e. The lowest BCUT2D eigenvalue weighted by Gasteiger charge is -2.33. The molecule has 1 aliphatic rings. The smallest absolute Gasteiger partial charge is 0.308 e. The van der Waals surface area contributed by atoms with Gasteiger partial charge in [-0.1, -0.05) is 143 Å². The molecule has 0 saturated carbocycles. The minimum atomic E-state index is 0.000649. The molecule has 1 fully saturated rings. The Hall–Kier alpha value is -1.18. The van der Waals surface area contributed by atoms with Crippen molar-refractivity contribution in [2.24, 2.45) is 11.8 Å². The van der Waals surface area contributed by atoms with Crippen molar-refractivity contribution >= 4 is 11.9 Å². The topological polar surface area (TPSA) is 62.3 Å². The second-order valence-corrected chi connectivity index (χ2v) is 16.1. The van der Waals surface area contributed by atoms with Crippen LogP contribution in [-0.2, 0) is 19.1 Å². The van der Waals surface area contributed by atoms with Crippen molar-refractivity contribution in [3.63, 3.8) is 0 Å². The number of ether oxygens (including phenoxy) is 2. The summed E-state index contributed by atoms with van der Waals surface area (Å²) in [5.41, 5.74) is 0. The van der Waals surface area contributed by atoms with Crippen molar-refractivity contribution in [1.82, 2.24) is 14.7 Å². The van der Waals surface area contributed by atoms with Gasteiger partial charge in [-0.05, 0) is 78.2 Å². The van der Waals surface area contributed by atoms with Crippen LogP contribution < -0.4 is 0 Å². The largest absolute Gasteiger partial charge is 0.465 e. The van der Waals surface area contributed by atoms with Gasteiger partial charge in [0.25, 0.3) is 0 Å². The number of rotatable bonds is 36. The summed E-state index contributed by atoms with van der Waals surface area (Å²) in [7, 11) is 2.23. The summed E-state index contributed by atoms with van der Waals surface area (Å²) in [5.74, 6) is 0.0368. The van der Waals surface area contributed by atoms with Crippen molar-refractivity contribution < 1.29 is 19.1 Å². The third-order valence-corrected chi connectivity index (χ3v) is 11.1. The van der Waals surface area contributed by atoms with Crippen molar-refractivity contribution in [2.75, 3.05) is 72.6 Å². The fourth-order valence-corrected chi connectivity index (χ4v) is 7.19. The summed E-state index contributed by atoms with van der Waals surface area (Å²) in [5, 5.41) is 0. The Morgan fingerprint density at radius 1 is 0.510 bits per heavy atom. The number of unbranched alkanes of at least 4 members (excludes halogenated alkanes) is 18. The summed E-state index contributed by atoms with van der Waals surface area (Å²) < 4.78 is 11.1. The Kier molecular flexibility index (Phi) is 32.4. The normalized spacial score (nSPS) is 15.3. The molecule has 0 radical (unpaired) electrons. The zero-order valence-electron chi connectivity index (χ0n) is 34.9. The minimum Gasteiger partial charge on any atom is -0.465 e. The van der Waals surface area contributed by atoms with Crippen LogP contribution in [0.4, 0.5) is 0 Å². The molecule has 0 N–H and O–H groups in total. The molecule has 2 unspecified atom stereocenters. The van der Waals surface area contributed by atoms with Crippen molar-refractivity contribution in [1.29, 1.82) is 0 Å². The summed E-state index contributed by atoms with van der Waals surface area (Å²) in [6, 6.07) is 0. The number of hydrogen-bond donors (Lipinski definition) is 0. The van der Waals surface area contributed by atoms with Gasteiger partial charge in [0.2, 0.25) is 0 Å². The molecule has 1 aliphatic heterocycles. The second kappa shape index (κ2) is 34.6. The van der Waals surface area contributed by atoms with Crippen LogP contribution in [0.5, 0.6) is 0 Å². The van der Waals surface area contributed by atoms with E-state index in [0.29, 0.717) is 13.2 Å². The van der Waals surface area contributed by atoms with E-state index >= 15 is 0 Å². The van der Waals surface area contributed by atoms with Gasteiger partial charge in [-0.3, -0.25) is 9.59 Å². The van der Waals surface area contributed by atoms with Gasteiger partial charge in [0.05, 0.1) is 25.0 Å². The maximum absolute atomic E-state index is 12.4. The molecule has 0 spiro atoms.